The van der Waals surface area contributed by atoms with Crippen LogP contribution in [0.15, 0.2) is 53.6 Å². The van der Waals surface area contributed by atoms with Gasteiger partial charge in [0, 0.05) is 5.56 Å². The van der Waals surface area contributed by atoms with Gasteiger partial charge >= 0.3 is 18.4 Å². The molecule has 0 N–H and O–H groups in total. The summed E-state index contributed by atoms with van der Waals surface area (Å²) in [6.07, 6.45) is -8.92. The van der Waals surface area contributed by atoms with Crippen LogP contribution in [-0.4, -0.2) is 21.1 Å². The van der Waals surface area contributed by atoms with E-state index in [4.69, 9.17) is 4.74 Å². The molecule has 0 atom stereocenters. The molecule has 0 amide bonds. The van der Waals surface area contributed by atoms with E-state index < -0.39 is 41.3 Å². The molecule has 152 valence electrons. The summed E-state index contributed by atoms with van der Waals surface area (Å²) in [7, 11) is 0. The third-order valence-electron chi connectivity index (χ3n) is 3.45. The number of hydrogen-bond acceptors (Lipinski definition) is 4. The smallest absolute Gasteiger partial charge is 0.423 e. The van der Waals surface area contributed by atoms with Gasteiger partial charge in [0.2, 0.25) is 0 Å². The lowest BCUT2D eigenvalue weighted by Crippen LogP contribution is -2.13. The fraction of sp³-hybridized carbons (Fsp3) is 0.118. The van der Waals surface area contributed by atoms with Crippen molar-refractivity contribution in [2.75, 3.05) is 0 Å². The highest BCUT2D eigenvalue weighted by Gasteiger charge is 2.39. The molecule has 0 aliphatic heterocycles. The molecule has 0 aliphatic rings. The molecule has 1 aromatic heterocycles. The second-order valence-electron chi connectivity index (χ2n) is 5.51. The Hall–Kier alpha value is -3.44. The minimum Gasteiger partial charge on any atom is -0.423 e. The minimum absolute atomic E-state index is 0.118. The van der Waals surface area contributed by atoms with Gasteiger partial charge < -0.3 is 4.74 Å². The number of rotatable bonds is 4. The summed E-state index contributed by atoms with van der Waals surface area (Å²) in [5, 5.41) is 9.60. The van der Waals surface area contributed by atoms with Crippen molar-refractivity contribution < 1.29 is 35.5 Å². The lowest BCUT2D eigenvalue weighted by atomic mass is 10.2. The molecule has 12 heteroatoms. The molecule has 3 rings (SSSR count). The van der Waals surface area contributed by atoms with Gasteiger partial charge in [0.1, 0.15) is 11.6 Å². The lowest BCUT2D eigenvalue weighted by Gasteiger charge is -2.10. The first-order valence-electron chi connectivity index (χ1n) is 7.72. The minimum atomic E-state index is -5.00. The van der Waals surface area contributed by atoms with Crippen LogP contribution in [0.1, 0.15) is 17.0 Å². The molecular formula is C17H9F7N4O. The van der Waals surface area contributed by atoms with Gasteiger partial charge in [-0.25, -0.2) is 4.39 Å². The van der Waals surface area contributed by atoms with Gasteiger partial charge in [-0.2, -0.15) is 36.1 Å². The SMILES string of the molecule is Fc1ccccc1/C=N/n1c(Oc2cccc(C(F)(F)F)c2)nnc1C(F)(F)F. The van der Waals surface area contributed by atoms with Crippen LogP contribution in [0.3, 0.4) is 0 Å². The number of aromatic nitrogens is 3. The molecule has 29 heavy (non-hydrogen) atoms. The largest absolute Gasteiger partial charge is 0.453 e. The summed E-state index contributed by atoms with van der Waals surface area (Å²) < 4.78 is 96.6. The van der Waals surface area contributed by atoms with Crippen LogP contribution in [0, 0.1) is 5.82 Å². The van der Waals surface area contributed by atoms with Crippen molar-refractivity contribution in [3.63, 3.8) is 0 Å². The van der Waals surface area contributed by atoms with E-state index in [1.54, 1.807) is 0 Å². The van der Waals surface area contributed by atoms with Gasteiger partial charge in [-0.05, 0) is 24.3 Å². The average molecular weight is 418 g/mol. The molecule has 5 nitrogen and oxygen atoms in total. The lowest BCUT2D eigenvalue weighted by molar-refractivity contribution is -0.147. The van der Waals surface area contributed by atoms with Gasteiger partial charge in [-0.15, -0.1) is 5.10 Å². The number of ether oxygens (including phenoxy) is 1. The van der Waals surface area contributed by atoms with E-state index in [1.807, 2.05) is 0 Å². The monoisotopic (exact) mass is 418 g/mol. The van der Waals surface area contributed by atoms with Crippen molar-refractivity contribution in [1.29, 1.82) is 0 Å². The predicted molar refractivity (Wildman–Crippen MR) is 85.9 cm³/mol. The van der Waals surface area contributed by atoms with E-state index in [-0.39, 0.29) is 10.2 Å². The van der Waals surface area contributed by atoms with Crippen molar-refractivity contribution >= 4 is 6.21 Å². The maximum absolute atomic E-state index is 13.7. The molecule has 0 spiro atoms. The number of halogens is 7. The highest BCUT2D eigenvalue weighted by atomic mass is 19.4. The maximum Gasteiger partial charge on any atom is 0.453 e. The van der Waals surface area contributed by atoms with Crippen LogP contribution in [0.4, 0.5) is 30.7 Å². The van der Waals surface area contributed by atoms with Gasteiger partial charge in [-0.3, -0.25) is 0 Å². The maximum atomic E-state index is 13.7. The van der Waals surface area contributed by atoms with Crippen molar-refractivity contribution in [2.24, 2.45) is 5.10 Å². The topological polar surface area (TPSA) is 52.3 Å². The highest BCUT2D eigenvalue weighted by molar-refractivity contribution is 5.79. The molecule has 2 aromatic carbocycles. The van der Waals surface area contributed by atoms with Crippen LogP contribution in [-0.2, 0) is 12.4 Å². The first kappa shape index (κ1) is 20.3. The molecule has 0 saturated carbocycles. The third kappa shape index (κ3) is 4.70. The zero-order chi connectivity index (χ0) is 21.2. The van der Waals surface area contributed by atoms with E-state index in [2.05, 4.69) is 15.3 Å². The first-order chi connectivity index (χ1) is 13.6. The van der Waals surface area contributed by atoms with E-state index in [0.29, 0.717) is 6.07 Å². The molecule has 0 unspecified atom stereocenters. The summed E-state index contributed by atoms with van der Waals surface area (Å²) in [5.41, 5.74) is -1.22. The zero-order valence-electron chi connectivity index (χ0n) is 14.0. The Bertz CT molecular complexity index is 1040. The number of nitrogens with zero attached hydrogens (tertiary/aromatic N) is 4. The molecule has 0 aliphatic carbocycles. The Kier molecular flexibility index (Phi) is 5.27. The molecule has 0 fully saturated rings. The Morgan fingerprint density at radius 3 is 2.28 bits per heavy atom. The summed E-state index contributed by atoms with van der Waals surface area (Å²) in [5.74, 6) is -2.80. The van der Waals surface area contributed by atoms with Crippen molar-refractivity contribution in [3.05, 3.63) is 71.3 Å². The van der Waals surface area contributed by atoms with Crippen molar-refractivity contribution in [3.8, 4) is 11.8 Å². The van der Waals surface area contributed by atoms with Gasteiger partial charge in [0.15, 0.2) is 0 Å². The highest BCUT2D eigenvalue weighted by Crippen LogP contribution is 2.34. The van der Waals surface area contributed by atoms with Crippen LogP contribution in [0.2, 0.25) is 0 Å². The quantitative estimate of drug-likeness (QED) is 0.436. The van der Waals surface area contributed by atoms with E-state index >= 15 is 0 Å². The van der Waals surface area contributed by atoms with Crippen molar-refractivity contribution in [2.45, 2.75) is 12.4 Å². The van der Waals surface area contributed by atoms with Gasteiger partial charge in [0.05, 0.1) is 11.8 Å². The Labute approximate surface area is 158 Å². The van der Waals surface area contributed by atoms with E-state index in [0.717, 1.165) is 30.5 Å². The normalized spacial score (nSPS) is 12.5. The van der Waals surface area contributed by atoms with Gasteiger partial charge in [0.25, 0.3) is 5.82 Å². The van der Waals surface area contributed by atoms with Crippen LogP contribution in [0.5, 0.6) is 11.8 Å². The van der Waals surface area contributed by atoms with Gasteiger partial charge in [-0.1, -0.05) is 29.4 Å². The van der Waals surface area contributed by atoms with Crippen molar-refractivity contribution in [1.82, 2.24) is 14.9 Å². The van der Waals surface area contributed by atoms with Crippen LogP contribution >= 0.6 is 0 Å². The first-order valence-corrected chi connectivity index (χ1v) is 7.72. The second kappa shape index (κ2) is 7.53. The third-order valence-corrected chi connectivity index (χ3v) is 3.45. The fourth-order valence-electron chi connectivity index (χ4n) is 2.15. The van der Waals surface area contributed by atoms with Crippen LogP contribution < -0.4 is 4.74 Å². The average Bonchev–Trinajstić information content (AvgIpc) is 3.03. The standard InChI is InChI=1S/C17H9F7N4O/c18-13-7-2-1-4-10(13)9-25-28-14(17(22,23)24)26-27-15(28)29-12-6-3-5-11(8-12)16(19,20)21/h1-9H/b25-9+. The van der Waals surface area contributed by atoms with E-state index in [9.17, 15) is 30.7 Å². The molecule has 3 aromatic rings. The zero-order valence-corrected chi connectivity index (χ0v) is 14.0. The Morgan fingerprint density at radius 2 is 1.62 bits per heavy atom. The second-order valence-corrected chi connectivity index (χ2v) is 5.51. The van der Waals surface area contributed by atoms with Crippen LogP contribution in [0.25, 0.3) is 0 Å². The number of hydrogen-bond donors (Lipinski definition) is 0. The van der Waals surface area contributed by atoms with E-state index in [1.165, 1.54) is 18.2 Å². The summed E-state index contributed by atoms with van der Waals surface area (Å²) >= 11 is 0. The number of benzene rings is 2. The number of alkyl halides is 6. The summed E-state index contributed by atoms with van der Waals surface area (Å²) in [6.45, 7) is 0. The molecule has 0 saturated heterocycles. The molecule has 0 bridgehead atoms. The summed E-state index contributed by atoms with van der Waals surface area (Å²) in [4.78, 5) is 0. The summed E-state index contributed by atoms with van der Waals surface area (Å²) in [6, 6.07) is 7.69. The fourth-order valence-corrected chi connectivity index (χ4v) is 2.15. The predicted octanol–water partition coefficient (Wildman–Crippen LogP) is 5.13. The molecule has 0 radical (unpaired) electrons. The molecule has 1 heterocycles. The Balaban J connectivity index is 2.00. The molecular weight excluding hydrogens is 409 g/mol. The Morgan fingerprint density at radius 1 is 0.897 bits per heavy atom.